The van der Waals surface area contributed by atoms with E-state index < -0.39 is 21.9 Å². The van der Waals surface area contributed by atoms with Crippen LogP contribution in [0, 0.1) is 11.8 Å². The van der Waals surface area contributed by atoms with Gasteiger partial charge in [0.25, 0.3) is 21.9 Å². The zero-order chi connectivity index (χ0) is 20.3. The summed E-state index contributed by atoms with van der Waals surface area (Å²) in [5.74, 6) is 4.67. The van der Waals surface area contributed by atoms with Crippen molar-refractivity contribution in [1.82, 2.24) is 5.06 Å². The number of benzene rings is 2. The summed E-state index contributed by atoms with van der Waals surface area (Å²) in [4.78, 5) is 25.3. The molecule has 1 aliphatic rings. The Morgan fingerprint density at radius 2 is 1.71 bits per heavy atom. The lowest BCUT2D eigenvalue weighted by Crippen LogP contribution is -2.41. The number of imide groups is 1. The lowest BCUT2D eigenvalue weighted by Gasteiger charge is -2.25. The molecule has 0 saturated heterocycles. The van der Waals surface area contributed by atoms with Crippen molar-refractivity contribution in [2.45, 2.75) is 39.0 Å². The van der Waals surface area contributed by atoms with Crippen LogP contribution in [0.4, 0.5) is 0 Å². The molecule has 146 valence electrons. The van der Waals surface area contributed by atoms with E-state index in [1.807, 2.05) is 0 Å². The Kier molecular flexibility index (Phi) is 5.82. The lowest BCUT2D eigenvalue weighted by atomic mass is 9.92. The van der Waals surface area contributed by atoms with Gasteiger partial charge in [0.2, 0.25) is 0 Å². The molecule has 0 bridgehead atoms. The van der Waals surface area contributed by atoms with E-state index in [-0.39, 0.29) is 11.1 Å². The van der Waals surface area contributed by atoms with E-state index in [2.05, 4.69) is 23.0 Å². The monoisotopic (exact) mass is 399 g/mol. The quantitative estimate of drug-likeness (QED) is 0.421. The molecule has 0 fully saturated rings. The number of hydroxylamine groups is 2. The fourth-order valence-electron chi connectivity index (χ4n) is 3.18. The van der Waals surface area contributed by atoms with Crippen LogP contribution in [0.3, 0.4) is 0 Å². The summed E-state index contributed by atoms with van der Waals surface area (Å²) >= 11 is 0. The molecule has 1 heterocycles. The maximum atomic E-state index is 12.6. The molecule has 7 heteroatoms. The Balaban J connectivity index is 1.99. The third kappa shape index (κ3) is 4.08. The molecule has 6 nitrogen and oxygen atoms in total. The van der Waals surface area contributed by atoms with Gasteiger partial charge in [-0.15, -0.1) is 9.35 Å². The molecule has 0 N–H and O–H groups in total. The van der Waals surface area contributed by atoms with Crippen LogP contribution in [0.2, 0.25) is 0 Å². The van der Waals surface area contributed by atoms with Gasteiger partial charge in [-0.3, -0.25) is 9.59 Å². The number of unbranched alkanes of at least 4 members (excludes halogenated alkanes) is 4. The van der Waals surface area contributed by atoms with Gasteiger partial charge in [-0.2, -0.15) is 8.42 Å². The van der Waals surface area contributed by atoms with E-state index in [0.717, 1.165) is 31.1 Å². The molecule has 3 rings (SSSR count). The normalized spacial score (nSPS) is 13.6. The molecule has 0 aliphatic carbocycles. The second kappa shape index (κ2) is 8.13. The van der Waals surface area contributed by atoms with Gasteiger partial charge in [0.05, 0.1) is 17.4 Å². The maximum Gasteiger partial charge on any atom is 0.286 e. The summed E-state index contributed by atoms with van der Waals surface area (Å²) < 4.78 is 27.5. The predicted octanol–water partition coefficient (Wildman–Crippen LogP) is 3.65. The predicted molar refractivity (Wildman–Crippen MR) is 106 cm³/mol. The van der Waals surface area contributed by atoms with Gasteiger partial charge in [-0.05, 0) is 30.0 Å². The Labute approximate surface area is 164 Å². The van der Waals surface area contributed by atoms with Crippen LogP contribution in [0.5, 0.6) is 0 Å². The first-order valence-corrected chi connectivity index (χ1v) is 11.0. The maximum absolute atomic E-state index is 12.6. The first-order chi connectivity index (χ1) is 13.3. The molecule has 0 aromatic heterocycles. The fourth-order valence-corrected chi connectivity index (χ4v) is 3.59. The van der Waals surface area contributed by atoms with Crippen molar-refractivity contribution < 1.29 is 22.3 Å². The largest absolute Gasteiger partial charge is 0.286 e. The number of nitrogens with zero attached hydrogens (tertiary/aromatic N) is 1. The number of hydrogen-bond acceptors (Lipinski definition) is 5. The average Bonchev–Trinajstić information content (AvgIpc) is 2.65. The van der Waals surface area contributed by atoms with E-state index in [9.17, 15) is 18.0 Å². The van der Waals surface area contributed by atoms with Crippen LogP contribution in [0.25, 0.3) is 10.8 Å². The molecule has 2 aromatic rings. The molecule has 28 heavy (non-hydrogen) atoms. The highest BCUT2D eigenvalue weighted by molar-refractivity contribution is 7.85. The van der Waals surface area contributed by atoms with Crippen molar-refractivity contribution in [3.05, 3.63) is 47.0 Å². The minimum atomic E-state index is -4.03. The van der Waals surface area contributed by atoms with Gasteiger partial charge in [0.15, 0.2) is 0 Å². The van der Waals surface area contributed by atoms with Crippen molar-refractivity contribution in [2.24, 2.45) is 0 Å². The van der Waals surface area contributed by atoms with E-state index >= 15 is 0 Å². The molecule has 0 unspecified atom stereocenters. The average molecular weight is 399 g/mol. The molecule has 0 saturated carbocycles. The standard InChI is InChI=1S/C21H21NO5S/c1-3-4-5-6-7-8-10-15-13-14-18-19-16(15)11-9-12-17(19)20(23)22(21(18)24)27-28(2,25)26/h9,11-14H,3-7H2,1-2H3. The molecule has 0 spiro atoms. The summed E-state index contributed by atoms with van der Waals surface area (Å²) in [6, 6.07) is 8.30. The lowest BCUT2D eigenvalue weighted by molar-refractivity contribution is -0.0149. The Morgan fingerprint density at radius 3 is 2.39 bits per heavy atom. The number of carbonyl (C=O) groups excluding carboxylic acids is 2. The van der Waals surface area contributed by atoms with Gasteiger partial charge in [0, 0.05) is 17.4 Å². The van der Waals surface area contributed by atoms with Crippen LogP contribution in [-0.2, 0) is 14.4 Å². The van der Waals surface area contributed by atoms with Crippen LogP contribution in [0.1, 0.15) is 65.3 Å². The van der Waals surface area contributed by atoms with Gasteiger partial charge in [-0.1, -0.05) is 50.2 Å². The van der Waals surface area contributed by atoms with Crippen LogP contribution >= 0.6 is 0 Å². The zero-order valence-electron chi connectivity index (χ0n) is 15.8. The van der Waals surface area contributed by atoms with E-state index in [1.165, 1.54) is 12.8 Å². The molecular weight excluding hydrogens is 378 g/mol. The number of amides is 2. The van der Waals surface area contributed by atoms with E-state index in [1.54, 1.807) is 30.3 Å². The first-order valence-electron chi connectivity index (χ1n) is 9.16. The smallest absolute Gasteiger partial charge is 0.266 e. The third-order valence-corrected chi connectivity index (χ3v) is 4.88. The van der Waals surface area contributed by atoms with Gasteiger partial charge < -0.3 is 0 Å². The minimum absolute atomic E-state index is 0.211. The topological polar surface area (TPSA) is 80.8 Å². The third-order valence-electron chi connectivity index (χ3n) is 4.46. The Hall–Kier alpha value is -2.69. The highest BCUT2D eigenvalue weighted by Crippen LogP contribution is 2.32. The summed E-state index contributed by atoms with van der Waals surface area (Å²) in [7, 11) is -4.03. The van der Waals surface area contributed by atoms with Crippen LogP contribution in [-0.4, -0.2) is 31.6 Å². The van der Waals surface area contributed by atoms with Crippen LogP contribution < -0.4 is 0 Å². The van der Waals surface area contributed by atoms with Gasteiger partial charge >= 0.3 is 0 Å². The highest BCUT2D eigenvalue weighted by Gasteiger charge is 2.36. The van der Waals surface area contributed by atoms with Crippen molar-refractivity contribution in [3.8, 4) is 11.8 Å². The second-order valence-electron chi connectivity index (χ2n) is 6.68. The highest BCUT2D eigenvalue weighted by atomic mass is 32.2. The summed E-state index contributed by atoms with van der Waals surface area (Å²) in [5, 5.41) is 1.46. The fraction of sp³-hybridized carbons (Fsp3) is 0.333. The molecular formula is C21H21NO5S. The molecule has 0 radical (unpaired) electrons. The number of hydrogen-bond donors (Lipinski definition) is 0. The molecule has 0 atom stereocenters. The van der Waals surface area contributed by atoms with E-state index in [0.29, 0.717) is 15.8 Å². The minimum Gasteiger partial charge on any atom is -0.266 e. The Bertz CT molecular complexity index is 1090. The van der Waals surface area contributed by atoms with Gasteiger partial charge in [-0.25, -0.2) is 0 Å². The second-order valence-corrected chi connectivity index (χ2v) is 8.24. The summed E-state index contributed by atoms with van der Waals surface area (Å²) in [6.07, 6.45) is 6.12. The molecule has 1 aliphatic heterocycles. The number of carbonyl (C=O) groups is 2. The van der Waals surface area contributed by atoms with Crippen molar-refractivity contribution in [2.75, 3.05) is 6.26 Å². The molecule has 2 aromatic carbocycles. The first kappa shape index (κ1) is 20.1. The summed E-state index contributed by atoms with van der Waals surface area (Å²) in [6.45, 7) is 2.16. The van der Waals surface area contributed by atoms with Gasteiger partial charge in [0.1, 0.15) is 0 Å². The summed E-state index contributed by atoms with van der Waals surface area (Å²) in [5.41, 5.74) is 1.15. The van der Waals surface area contributed by atoms with E-state index in [4.69, 9.17) is 0 Å². The number of rotatable bonds is 6. The van der Waals surface area contributed by atoms with Crippen molar-refractivity contribution in [3.63, 3.8) is 0 Å². The SMILES string of the molecule is CCCCCCC#Cc1ccc2c3c(cccc13)C(=O)N(OS(C)(=O)=O)C2=O. The zero-order valence-corrected chi connectivity index (χ0v) is 16.6. The molecule has 2 amide bonds. The van der Waals surface area contributed by atoms with Crippen molar-refractivity contribution in [1.29, 1.82) is 0 Å². The van der Waals surface area contributed by atoms with Crippen LogP contribution in [0.15, 0.2) is 30.3 Å². The Morgan fingerprint density at radius 1 is 1.00 bits per heavy atom. The van der Waals surface area contributed by atoms with Crippen molar-refractivity contribution >= 4 is 32.7 Å².